The van der Waals surface area contributed by atoms with E-state index in [-0.39, 0.29) is 6.61 Å². The number of nitrogens with two attached hydrogens (primary N) is 1. The molecule has 1 aliphatic heterocycles. The van der Waals surface area contributed by atoms with Crippen LogP contribution in [0.25, 0.3) is 0 Å². The largest absolute Gasteiger partial charge is 0.380 e. The van der Waals surface area contributed by atoms with Crippen molar-refractivity contribution in [1.82, 2.24) is 0 Å². The van der Waals surface area contributed by atoms with Crippen molar-refractivity contribution < 1.29 is 21.9 Å². The molecule has 1 aromatic rings. The second-order valence-corrected chi connectivity index (χ2v) is 6.32. The fourth-order valence-corrected chi connectivity index (χ4v) is 3.72. The first-order valence-electron chi connectivity index (χ1n) is 5.45. The normalized spacial score (nSPS) is 25.1. The molecule has 1 aromatic carbocycles. The Labute approximate surface area is 104 Å². The van der Waals surface area contributed by atoms with Crippen molar-refractivity contribution in [3.63, 3.8) is 0 Å². The van der Waals surface area contributed by atoms with Crippen molar-refractivity contribution in [2.75, 3.05) is 13.2 Å². The number of sulfone groups is 1. The van der Waals surface area contributed by atoms with Crippen LogP contribution in [0.15, 0.2) is 23.1 Å². The Morgan fingerprint density at radius 3 is 2.72 bits per heavy atom. The highest BCUT2D eigenvalue weighted by Gasteiger charge is 2.37. The van der Waals surface area contributed by atoms with Crippen LogP contribution in [-0.2, 0) is 14.6 Å². The van der Waals surface area contributed by atoms with Crippen LogP contribution in [0, 0.1) is 11.6 Å². The zero-order valence-electron chi connectivity index (χ0n) is 9.47. The second kappa shape index (κ2) is 4.91. The van der Waals surface area contributed by atoms with Crippen LogP contribution in [0.4, 0.5) is 8.78 Å². The maximum absolute atomic E-state index is 13.5. The highest BCUT2D eigenvalue weighted by atomic mass is 32.2. The van der Waals surface area contributed by atoms with Gasteiger partial charge in [-0.25, -0.2) is 17.2 Å². The highest BCUT2D eigenvalue weighted by molar-refractivity contribution is 7.92. The van der Waals surface area contributed by atoms with Gasteiger partial charge in [0.2, 0.25) is 0 Å². The summed E-state index contributed by atoms with van der Waals surface area (Å²) in [5.41, 5.74) is 5.72. The molecule has 0 saturated carbocycles. The maximum Gasteiger partial charge on any atom is 0.188 e. The number of benzene rings is 1. The molecule has 1 saturated heterocycles. The fourth-order valence-electron chi connectivity index (χ4n) is 1.91. The van der Waals surface area contributed by atoms with Gasteiger partial charge in [-0.3, -0.25) is 0 Å². The number of hydrogen-bond donors (Lipinski definition) is 1. The third-order valence-corrected chi connectivity index (χ3v) is 5.16. The summed E-state index contributed by atoms with van der Waals surface area (Å²) in [4.78, 5) is -0.659. The van der Waals surface area contributed by atoms with Gasteiger partial charge < -0.3 is 10.5 Å². The molecule has 0 aliphatic carbocycles. The minimum Gasteiger partial charge on any atom is -0.380 e. The molecule has 0 bridgehead atoms. The zero-order chi connectivity index (χ0) is 13.3. The van der Waals surface area contributed by atoms with Crippen molar-refractivity contribution in [2.24, 2.45) is 5.73 Å². The van der Waals surface area contributed by atoms with E-state index < -0.39 is 37.7 Å². The van der Waals surface area contributed by atoms with Crippen LogP contribution in [0.5, 0.6) is 0 Å². The molecule has 18 heavy (non-hydrogen) atoms. The van der Waals surface area contributed by atoms with E-state index in [4.69, 9.17) is 10.5 Å². The lowest BCUT2D eigenvalue weighted by Gasteiger charge is -2.28. The molecule has 1 heterocycles. The van der Waals surface area contributed by atoms with E-state index in [1.165, 1.54) is 0 Å². The minimum atomic E-state index is -4.03. The van der Waals surface area contributed by atoms with Crippen molar-refractivity contribution in [3.8, 4) is 0 Å². The summed E-state index contributed by atoms with van der Waals surface area (Å²) in [5.74, 6) is -1.78. The van der Waals surface area contributed by atoms with Gasteiger partial charge in [-0.1, -0.05) is 0 Å². The first-order valence-corrected chi connectivity index (χ1v) is 7.00. The Kier molecular flexibility index (Phi) is 3.65. The van der Waals surface area contributed by atoms with Gasteiger partial charge in [0.05, 0.1) is 6.61 Å². The van der Waals surface area contributed by atoms with Crippen LogP contribution >= 0.6 is 0 Å². The van der Waals surface area contributed by atoms with Gasteiger partial charge in [-0.05, 0) is 24.6 Å². The highest BCUT2D eigenvalue weighted by Crippen LogP contribution is 2.25. The summed E-state index contributed by atoms with van der Waals surface area (Å²) in [5, 5.41) is -1.04. The van der Waals surface area contributed by atoms with Gasteiger partial charge in [0, 0.05) is 12.6 Å². The van der Waals surface area contributed by atoms with Gasteiger partial charge in [0.25, 0.3) is 0 Å². The quantitative estimate of drug-likeness (QED) is 0.870. The average Bonchev–Trinajstić information content (AvgIpc) is 2.32. The summed E-state index contributed by atoms with van der Waals surface area (Å²) >= 11 is 0. The van der Waals surface area contributed by atoms with Crippen molar-refractivity contribution >= 4 is 9.84 Å². The number of ether oxygens (including phenoxy) is 1. The number of halogens is 2. The molecule has 2 atom stereocenters. The first kappa shape index (κ1) is 13.4. The Morgan fingerprint density at radius 2 is 2.06 bits per heavy atom. The van der Waals surface area contributed by atoms with E-state index in [0.717, 1.165) is 12.1 Å². The molecule has 2 rings (SSSR count). The summed E-state index contributed by atoms with van der Waals surface area (Å²) < 4.78 is 56.0. The van der Waals surface area contributed by atoms with Crippen LogP contribution in [0.1, 0.15) is 6.42 Å². The van der Waals surface area contributed by atoms with Crippen LogP contribution in [-0.4, -0.2) is 32.9 Å². The molecule has 0 aromatic heterocycles. The molecule has 0 spiro atoms. The van der Waals surface area contributed by atoms with Crippen LogP contribution in [0.3, 0.4) is 0 Å². The predicted octanol–water partition coefficient (Wildman–Crippen LogP) is 0.855. The molecule has 100 valence electrons. The Balaban J connectivity index is 2.44. The smallest absolute Gasteiger partial charge is 0.188 e. The summed E-state index contributed by atoms with van der Waals surface area (Å²) in [6.07, 6.45) is 0.376. The molecule has 2 N–H and O–H groups in total. The summed E-state index contributed by atoms with van der Waals surface area (Å²) in [6, 6.07) is 1.70. The third kappa shape index (κ3) is 2.38. The molecular formula is C11H13F2NO3S. The Hall–Kier alpha value is -1.05. The third-order valence-electron chi connectivity index (χ3n) is 2.95. The number of rotatable bonds is 2. The SMILES string of the molecule is NC1CCOCC1S(=O)(=O)c1cc(F)ccc1F. The van der Waals surface area contributed by atoms with E-state index >= 15 is 0 Å². The molecular weight excluding hydrogens is 264 g/mol. The lowest BCUT2D eigenvalue weighted by atomic mass is 10.1. The minimum absolute atomic E-state index is 0.0978. The lowest BCUT2D eigenvalue weighted by Crippen LogP contribution is -2.47. The van der Waals surface area contributed by atoms with Crippen molar-refractivity contribution in [3.05, 3.63) is 29.8 Å². The molecule has 2 unspecified atom stereocenters. The number of hydrogen-bond acceptors (Lipinski definition) is 4. The van der Waals surface area contributed by atoms with Gasteiger partial charge in [-0.2, -0.15) is 0 Å². The van der Waals surface area contributed by atoms with Gasteiger partial charge in [0.15, 0.2) is 9.84 Å². The zero-order valence-corrected chi connectivity index (χ0v) is 10.3. The van der Waals surface area contributed by atoms with Crippen LogP contribution < -0.4 is 5.73 Å². The molecule has 7 heteroatoms. The van der Waals surface area contributed by atoms with E-state index in [2.05, 4.69) is 0 Å². The van der Waals surface area contributed by atoms with Crippen LogP contribution in [0.2, 0.25) is 0 Å². The molecule has 1 fully saturated rings. The molecule has 0 amide bonds. The summed E-state index contributed by atoms with van der Waals surface area (Å²) in [7, 11) is -4.03. The molecule has 1 aliphatic rings. The predicted molar refractivity (Wildman–Crippen MR) is 60.7 cm³/mol. The lowest BCUT2D eigenvalue weighted by molar-refractivity contribution is 0.0891. The average molecular weight is 277 g/mol. The van der Waals surface area contributed by atoms with E-state index in [0.29, 0.717) is 19.1 Å². The maximum atomic E-state index is 13.5. The van der Waals surface area contributed by atoms with E-state index in [9.17, 15) is 17.2 Å². The van der Waals surface area contributed by atoms with Gasteiger partial charge >= 0.3 is 0 Å². The van der Waals surface area contributed by atoms with Gasteiger partial charge in [0.1, 0.15) is 21.8 Å². The molecule has 4 nitrogen and oxygen atoms in total. The van der Waals surface area contributed by atoms with E-state index in [1.54, 1.807) is 0 Å². The first-order chi connectivity index (χ1) is 8.43. The monoisotopic (exact) mass is 277 g/mol. The van der Waals surface area contributed by atoms with E-state index in [1.807, 2.05) is 0 Å². The topological polar surface area (TPSA) is 69.4 Å². The Bertz CT molecular complexity index is 547. The Morgan fingerprint density at radius 1 is 1.33 bits per heavy atom. The van der Waals surface area contributed by atoms with Crippen molar-refractivity contribution in [2.45, 2.75) is 22.6 Å². The van der Waals surface area contributed by atoms with Gasteiger partial charge in [-0.15, -0.1) is 0 Å². The fraction of sp³-hybridized carbons (Fsp3) is 0.455. The molecule has 0 radical (unpaired) electrons. The standard InChI is InChI=1S/C11H13F2NO3S/c12-7-1-2-8(13)10(5-7)18(15,16)11-6-17-4-3-9(11)14/h1-2,5,9,11H,3-4,6,14H2. The van der Waals surface area contributed by atoms with Crippen molar-refractivity contribution in [1.29, 1.82) is 0 Å². The summed E-state index contributed by atoms with van der Waals surface area (Å²) in [6.45, 7) is 0.276. The second-order valence-electron chi connectivity index (χ2n) is 4.19.